The van der Waals surface area contributed by atoms with Crippen LogP contribution in [0.2, 0.25) is 0 Å². The predicted molar refractivity (Wildman–Crippen MR) is 78.0 cm³/mol. The van der Waals surface area contributed by atoms with Crippen molar-refractivity contribution >= 4 is 11.9 Å². The van der Waals surface area contributed by atoms with Gasteiger partial charge < -0.3 is 19.6 Å². The highest BCUT2D eigenvalue weighted by atomic mass is 19.1. The first-order valence-electron chi connectivity index (χ1n) is 7.13. The van der Waals surface area contributed by atoms with E-state index in [2.05, 4.69) is 9.97 Å². The lowest BCUT2D eigenvalue weighted by Gasteiger charge is -2.41. The minimum absolute atomic E-state index is 0.176. The minimum Gasteiger partial charge on any atom is -0.444 e. The minimum atomic E-state index is -0.628. The average Bonchev–Trinajstić information content (AvgIpc) is 2.44. The topological polar surface area (TPSA) is 78.8 Å². The number of aliphatic hydroxyl groups is 1. The number of rotatable bonds is 2. The fourth-order valence-corrected chi connectivity index (χ4v) is 2.29. The van der Waals surface area contributed by atoms with Crippen molar-refractivity contribution < 1.29 is 19.0 Å². The number of carbonyl (C=O) groups is 1. The molecule has 1 aromatic rings. The van der Waals surface area contributed by atoms with Gasteiger partial charge in [-0.25, -0.2) is 14.8 Å². The molecule has 1 N–H and O–H groups in total. The SMILES string of the molecule is CC(C)(C)OC(=O)N1CCN(c2cc(F)ncn2)[C@@H](CO)C1. The van der Waals surface area contributed by atoms with Crippen molar-refractivity contribution in [2.24, 2.45) is 0 Å². The van der Waals surface area contributed by atoms with Gasteiger partial charge in [-0.2, -0.15) is 4.39 Å². The first-order chi connectivity index (χ1) is 10.3. The monoisotopic (exact) mass is 312 g/mol. The Kier molecular flexibility index (Phi) is 4.80. The number of aromatic nitrogens is 2. The Morgan fingerprint density at radius 1 is 1.45 bits per heavy atom. The van der Waals surface area contributed by atoms with Gasteiger partial charge in [-0.3, -0.25) is 0 Å². The third-order valence-corrected chi connectivity index (χ3v) is 3.26. The zero-order valence-corrected chi connectivity index (χ0v) is 13.0. The number of ether oxygens (including phenoxy) is 1. The Bertz CT molecular complexity index is 535. The first-order valence-corrected chi connectivity index (χ1v) is 7.13. The lowest BCUT2D eigenvalue weighted by atomic mass is 10.1. The molecule has 2 heterocycles. The second kappa shape index (κ2) is 6.43. The number of hydrogen-bond acceptors (Lipinski definition) is 6. The molecule has 1 aliphatic rings. The van der Waals surface area contributed by atoms with Gasteiger partial charge in [-0.15, -0.1) is 0 Å². The summed E-state index contributed by atoms with van der Waals surface area (Å²) >= 11 is 0. The quantitative estimate of drug-likeness (QED) is 0.822. The molecule has 1 aromatic heterocycles. The maximum Gasteiger partial charge on any atom is 0.410 e. The van der Waals surface area contributed by atoms with Crippen molar-refractivity contribution in [2.75, 3.05) is 31.1 Å². The summed E-state index contributed by atoms with van der Waals surface area (Å²) in [5.74, 6) is -0.230. The van der Waals surface area contributed by atoms with E-state index < -0.39 is 17.6 Å². The van der Waals surface area contributed by atoms with Crippen LogP contribution < -0.4 is 4.90 Å². The van der Waals surface area contributed by atoms with E-state index in [1.54, 1.807) is 30.6 Å². The van der Waals surface area contributed by atoms with E-state index in [1.807, 2.05) is 0 Å². The lowest BCUT2D eigenvalue weighted by Crippen LogP contribution is -2.57. The number of hydrogen-bond donors (Lipinski definition) is 1. The van der Waals surface area contributed by atoms with E-state index in [4.69, 9.17) is 4.74 Å². The normalized spacial score (nSPS) is 19.2. The summed E-state index contributed by atoms with van der Waals surface area (Å²) in [7, 11) is 0. The Morgan fingerprint density at radius 3 is 2.77 bits per heavy atom. The highest BCUT2D eigenvalue weighted by Gasteiger charge is 2.32. The molecule has 1 atom stereocenters. The average molecular weight is 312 g/mol. The van der Waals surface area contributed by atoms with Crippen molar-refractivity contribution in [1.82, 2.24) is 14.9 Å². The molecular formula is C14H21FN4O3. The van der Waals surface area contributed by atoms with E-state index in [1.165, 1.54) is 6.07 Å². The smallest absolute Gasteiger partial charge is 0.410 e. The van der Waals surface area contributed by atoms with Gasteiger partial charge in [-0.1, -0.05) is 0 Å². The number of aliphatic hydroxyl groups excluding tert-OH is 1. The van der Waals surface area contributed by atoms with Crippen LogP contribution in [0, 0.1) is 5.95 Å². The van der Waals surface area contributed by atoms with Crippen molar-refractivity contribution in [3.05, 3.63) is 18.3 Å². The summed E-state index contributed by atoms with van der Waals surface area (Å²) in [6, 6.07) is 0.849. The molecule has 0 spiro atoms. The lowest BCUT2D eigenvalue weighted by molar-refractivity contribution is 0.0197. The van der Waals surface area contributed by atoms with E-state index in [-0.39, 0.29) is 19.2 Å². The van der Waals surface area contributed by atoms with Crippen LogP contribution in [0.3, 0.4) is 0 Å². The molecule has 0 saturated carbocycles. The molecule has 0 unspecified atom stereocenters. The molecule has 0 aliphatic carbocycles. The highest BCUT2D eigenvalue weighted by molar-refractivity contribution is 5.68. The Hall–Kier alpha value is -1.96. The van der Waals surface area contributed by atoms with E-state index in [0.29, 0.717) is 18.9 Å². The molecule has 8 heteroatoms. The molecule has 1 aliphatic heterocycles. The van der Waals surface area contributed by atoms with Gasteiger partial charge in [0.15, 0.2) is 0 Å². The van der Waals surface area contributed by atoms with E-state index >= 15 is 0 Å². The van der Waals surface area contributed by atoms with E-state index in [9.17, 15) is 14.3 Å². The second-order valence-electron chi connectivity index (χ2n) is 6.16. The van der Waals surface area contributed by atoms with Gasteiger partial charge in [0.25, 0.3) is 0 Å². The molecule has 1 amide bonds. The van der Waals surface area contributed by atoms with Gasteiger partial charge in [0.2, 0.25) is 5.95 Å². The Balaban J connectivity index is 2.07. The summed E-state index contributed by atoms with van der Waals surface area (Å²) in [5, 5.41) is 9.57. The van der Waals surface area contributed by atoms with Crippen molar-refractivity contribution in [3.63, 3.8) is 0 Å². The summed E-state index contributed by atoms with van der Waals surface area (Å²) in [6.07, 6.45) is 0.721. The first kappa shape index (κ1) is 16.4. The van der Waals surface area contributed by atoms with Crippen LogP contribution in [-0.2, 0) is 4.74 Å². The van der Waals surface area contributed by atoms with Crippen molar-refractivity contribution in [2.45, 2.75) is 32.4 Å². The highest BCUT2D eigenvalue weighted by Crippen LogP contribution is 2.20. The number of carbonyl (C=O) groups excluding carboxylic acids is 1. The van der Waals surface area contributed by atoms with Gasteiger partial charge in [0, 0.05) is 25.7 Å². The van der Waals surface area contributed by atoms with Crippen LogP contribution in [0.5, 0.6) is 0 Å². The van der Waals surface area contributed by atoms with Gasteiger partial charge in [0.1, 0.15) is 17.7 Å². The second-order valence-corrected chi connectivity index (χ2v) is 6.16. The molecule has 122 valence electrons. The maximum absolute atomic E-state index is 13.2. The zero-order chi connectivity index (χ0) is 16.3. The fraction of sp³-hybridized carbons (Fsp3) is 0.643. The fourth-order valence-electron chi connectivity index (χ4n) is 2.29. The predicted octanol–water partition coefficient (Wildman–Crippen LogP) is 1.03. The summed E-state index contributed by atoms with van der Waals surface area (Å²) in [4.78, 5) is 22.8. The zero-order valence-electron chi connectivity index (χ0n) is 13.0. The molecule has 1 fully saturated rings. The van der Waals surface area contributed by atoms with Gasteiger partial charge in [-0.05, 0) is 20.8 Å². The molecule has 0 aromatic carbocycles. The van der Waals surface area contributed by atoms with Crippen molar-refractivity contribution in [3.8, 4) is 0 Å². The number of anilines is 1. The third kappa shape index (κ3) is 4.03. The Labute approximate surface area is 128 Å². The molecular weight excluding hydrogens is 291 g/mol. The number of amides is 1. The Morgan fingerprint density at radius 2 is 2.18 bits per heavy atom. The third-order valence-electron chi connectivity index (χ3n) is 3.26. The van der Waals surface area contributed by atoms with Crippen LogP contribution in [0.1, 0.15) is 20.8 Å². The van der Waals surface area contributed by atoms with Gasteiger partial charge >= 0.3 is 6.09 Å². The summed E-state index contributed by atoms with van der Waals surface area (Å²) in [6.45, 7) is 6.36. The largest absolute Gasteiger partial charge is 0.444 e. The molecule has 22 heavy (non-hydrogen) atoms. The molecule has 2 rings (SSSR count). The molecule has 0 radical (unpaired) electrons. The molecule has 0 bridgehead atoms. The molecule has 7 nitrogen and oxygen atoms in total. The summed E-state index contributed by atoms with van der Waals surface area (Å²) in [5.41, 5.74) is -0.571. The van der Waals surface area contributed by atoms with Gasteiger partial charge in [0.05, 0.1) is 12.6 Å². The molecule has 1 saturated heterocycles. The van der Waals surface area contributed by atoms with Crippen LogP contribution in [0.25, 0.3) is 0 Å². The van der Waals surface area contributed by atoms with E-state index in [0.717, 1.165) is 6.33 Å². The van der Waals surface area contributed by atoms with Crippen LogP contribution in [0.15, 0.2) is 12.4 Å². The maximum atomic E-state index is 13.2. The van der Waals surface area contributed by atoms with Crippen LogP contribution in [-0.4, -0.2) is 64.0 Å². The number of nitrogens with zero attached hydrogens (tertiary/aromatic N) is 4. The van der Waals surface area contributed by atoms with Crippen LogP contribution in [0.4, 0.5) is 15.0 Å². The van der Waals surface area contributed by atoms with Crippen LogP contribution >= 0.6 is 0 Å². The number of piperazine rings is 1. The standard InChI is InChI=1S/C14H21FN4O3/c1-14(2,3)22-13(21)18-4-5-19(10(7-18)8-20)12-6-11(15)16-9-17-12/h6,9-10,20H,4-5,7-8H2,1-3H3/t10-/m1/s1. The van der Waals surface area contributed by atoms with Crippen molar-refractivity contribution in [1.29, 1.82) is 0 Å². The number of halogens is 1. The summed E-state index contributed by atoms with van der Waals surface area (Å²) < 4.78 is 18.6.